The number of hydrogen-bond acceptors (Lipinski definition) is 3. The average Bonchev–Trinajstić information content (AvgIpc) is 2.67. The molecule has 2 aromatic rings. The van der Waals surface area contributed by atoms with Crippen LogP contribution < -0.4 is 10.5 Å². The second-order valence-corrected chi connectivity index (χ2v) is 4.98. The molecule has 0 saturated carbocycles. The van der Waals surface area contributed by atoms with Crippen LogP contribution in [-0.2, 0) is 6.54 Å². The Bertz CT molecular complexity index is 597. The molecular formula is C16H21N3O. The van der Waals surface area contributed by atoms with E-state index in [0.29, 0.717) is 12.4 Å². The molecular weight excluding hydrogens is 250 g/mol. The lowest BCUT2D eigenvalue weighted by Crippen LogP contribution is -2.05. The van der Waals surface area contributed by atoms with Crippen molar-refractivity contribution in [3.8, 4) is 17.0 Å². The minimum absolute atomic E-state index is 0.167. The molecule has 0 unspecified atom stereocenters. The summed E-state index contributed by atoms with van der Waals surface area (Å²) in [4.78, 5) is 4.54. The number of benzene rings is 1. The van der Waals surface area contributed by atoms with E-state index in [-0.39, 0.29) is 6.10 Å². The fourth-order valence-corrected chi connectivity index (χ4v) is 2.12. The topological polar surface area (TPSA) is 53.1 Å². The molecule has 1 aromatic carbocycles. The van der Waals surface area contributed by atoms with Crippen LogP contribution in [0.25, 0.3) is 11.3 Å². The number of allylic oxidation sites excluding steroid dienone is 1. The third-order valence-electron chi connectivity index (χ3n) is 3.01. The van der Waals surface area contributed by atoms with E-state index < -0.39 is 0 Å². The smallest absolute Gasteiger partial charge is 0.132 e. The molecule has 4 nitrogen and oxygen atoms in total. The van der Waals surface area contributed by atoms with Crippen LogP contribution in [0.5, 0.6) is 5.75 Å². The first-order valence-electron chi connectivity index (χ1n) is 6.73. The maximum atomic E-state index is 6.16. The van der Waals surface area contributed by atoms with Crippen LogP contribution in [0.3, 0.4) is 0 Å². The zero-order chi connectivity index (χ0) is 14.7. The number of ether oxygens (including phenoxy) is 1. The number of anilines is 1. The number of nitrogens with zero attached hydrogens (tertiary/aromatic N) is 2. The summed E-state index contributed by atoms with van der Waals surface area (Å²) in [6.45, 7) is 10.4. The molecule has 20 heavy (non-hydrogen) atoms. The second kappa shape index (κ2) is 5.82. The van der Waals surface area contributed by atoms with Gasteiger partial charge in [0.1, 0.15) is 23.1 Å². The highest BCUT2D eigenvalue weighted by Crippen LogP contribution is 2.28. The fourth-order valence-electron chi connectivity index (χ4n) is 2.12. The SMILES string of the molecule is C=CCn1c(C)nc(-c2ccc(OC(C)C)cc2)c1N. The molecule has 0 aliphatic carbocycles. The molecule has 1 aromatic heterocycles. The van der Waals surface area contributed by atoms with Gasteiger partial charge < -0.3 is 15.0 Å². The monoisotopic (exact) mass is 271 g/mol. The quantitative estimate of drug-likeness (QED) is 0.848. The molecule has 0 fully saturated rings. The largest absolute Gasteiger partial charge is 0.491 e. The average molecular weight is 271 g/mol. The Labute approximate surface area is 119 Å². The van der Waals surface area contributed by atoms with Gasteiger partial charge in [-0.05, 0) is 45.0 Å². The fraction of sp³-hybridized carbons (Fsp3) is 0.312. The Morgan fingerprint density at radius 3 is 2.55 bits per heavy atom. The van der Waals surface area contributed by atoms with Gasteiger partial charge in [0.05, 0.1) is 6.10 Å². The van der Waals surface area contributed by atoms with Crippen LogP contribution in [-0.4, -0.2) is 15.7 Å². The number of nitrogens with two attached hydrogens (primary N) is 1. The Balaban J connectivity index is 2.32. The molecule has 2 N–H and O–H groups in total. The molecule has 0 radical (unpaired) electrons. The second-order valence-electron chi connectivity index (χ2n) is 4.98. The third-order valence-corrected chi connectivity index (χ3v) is 3.01. The highest BCUT2D eigenvalue weighted by molar-refractivity contribution is 5.71. The minimum atomic E-state index is 0.167. The van der Waals surface area contributed by atoms with E-state index in [4.69, 9.17) is 10.5 Å². The van der Waals surface area contributed by atoms with E-state index >= 15 is 0 Å². The third kappa shape index (κ3) is 2.85. The van der Waals surface area contributed by atoms with E-state index in [2.05, 4.69) is 11.6 Å². The Morgan fingerprint density at radius 1 is 1.35 bits per heavy atom. The highest BCUT2D eigenvalue weighted by Gasteiger charge is 2.12. The molecule has 106 valence electrons. The van der Waals surface area contributed by atoms with Gasteiger partial charge in [0, 0.05) is 12.1 Å². The van der Waals surface area contributed by atoms with Crippen molar-refractivity contribution in [2.45, 2.75) is 33.4 Å². The zero-order valence-electron chi connectivity index (χ0n) is 12.3. The standard InChI is InChI=1S/C16H21N3O/c1-5-10-19-12(4)18-15(16(19)17)13-6-8-14(9-7-13)20-11(2)3/h5-9,11H,1,10,17H2,2-4H3. The Kier molecular flexibility index (Phi) is 4.13. The molecule has 0 atom stereocenters. The number of imidazole rings is 1. The first-order valence-corrected chi connectivity index (χ1v) is 6.73. The Morgan fingerprint density at radius 2 is 2.00 bits per heavy atom. The summed E-state index contributed by atoms with van der Waals surface area (Å²) in [6, 6.07) is 7.84. The molecule has 0 aliphatic heterocycles. The van der Waals surface area contributed by atoms with Crippen molar-refractivity contribution in [1.82, 2.24) is 9.55 Å². The van der Waals surface area contributed by atoms with Gasteiger partial charge in [0.25, 0.3) is 0 Å². The van der Waals surface area contributed by atoms with Gasteiger partial charge in [-0.3, -0.25) is 0 Å². The number of rotatable bonds is 5. The van der Waals surface area contributed by atoms with Crippen LogP contribution >= 0.6 is 0 Å². The van der Waals surface area contributed by atoms with Crippen molar-refractivity contribution in [3.63, 3.8) is 0 Å². The summed E-state index contributed by atoms with van der Waals surface area (Å²) >= 11 is 0. The predicted octanol–water partition coefficient (Wildman–Crippen LogP) is 3.41. The summed E-state index contributed by atoms with van der Waals surface area (Å²) in [7, 11) is 0. The zero-order valence-corrected chi connectivity index (χ0v) is 12.3. The first kappa shape index (κ1) is 14.2. The highest BCUT2D eigenvalue weighted by atomic mass is 16.5. The van der Waals surface area contributed by atoms with Gasteiger partial charge in [-0.15, -0.1) is 6.58 Å². The van der Waals surface area contributed by atoms with Crippen LogP contribution in [0.1, 0.15) is 19.7 Å². The minimum Gasteiger partial charge on any atom is -0.491 e. The molecule has 0 bridgehead atoms. The summed E-state index contributed by atoms with van der Waals surface area (Å²) in [6.07, 6.45) is 1.98. The lowest BCUT2D eigenvalue weighted by atomic mass is 10.1. The van der Waals surface area contributed by atoms with Crippen LogP contribution in [0.2, 0.25) is 0 Å². The lowest BCUT2D eigenvalue weighted by Gasteiger charge is -2.10. The van der Waals surface area contributed by atoms with E-state index in [1.807, 2.05) is 55.7 Å². The number of hydrogen-bond donors (Lipinski definition) is 1. The van der Waals surface area contributed by atoms with Gasteiger partial charge in [0.2, 0.25) is 0 Å². The van der Waals surface area contributed by atoms with Crippen molar-refractivity contribution in [2.24, 2.45) is 0 Å². The molecule has 0 saturated heterocycles. The maximum absolute atomic E-state index is 6.16. The molecule has 2 rings (SSSR count). The number of nitrogen functional groups attached to an aromatic ring is 1. The van der Waals surface area contributed by atoms with Crippen LogP contribution in [0.15, 0.2) is 36.9 Å². The summed E-state index contributed by atoms with van der Waals surface area (Å²) in [5.74, 6) is 2.41. The molecule has 1 heterocycles. The Hall–Kier alpha value is -2.23. The van der Waals surface area contributed by atoms with Crippen LogP contribution in [0.4, 0.5) is 5.82 Å². The van der Waals surface area contributed by atoms with Gasteiger partial charge in [-0.2, -0.15) is 0 Å². The lowest BCUT2D eigenvalue weighted by molar-refractivity contribution is 0.242. The van der Waals surface area contributed by atoms with E-state index in [1.54, 1.807) is 0 Å². The van der Waals surface area contributed by atoms with Gasteiger partial charge in [-0.1, -0.05) is 6.08 Å². The number of aromatic nitrogens is 2. The van der Waals surface area contributed by atoms with Crippen LogP contribution in [0, 0.1) is 6.92 Å². The summed E-state index contributed by atoms with van der Waals surface area (Å²) < 4.78 is 7.58. The van der Waals surface area contributed by atoms with Gasteiger partial charge in [0.15, 0.2) is 0 Å². The molecule has 0 amide bonds. The van der Waals surface area contributed by atoms with Crippen molar-refractivity contribution in [3.05, 3.63) is 42.7 Å². The first-order chi connectivity index (χ1) is 9.52. The molecule has 0 aliphatic rings. The normalized spacial score (nSPS) is 10.8. The van der Waals surface area contributed by atoms with Crippen molar-refractivity contribution >= 4 is 5.82 Å². The van der Waals surface area contributed by atoms with Crippen molar-refractivity contribution in [2.75, 3.05) is 5.73 Å². The van der Waals surface area contributed by atoms with Crippen molar-refractivity contribution in [1.29, 1.82) is 0 Å². The maximum Gasteiger partial charge on any atom is 0.132 e. The van der Waals surface area contributed by atoms with E-state index in [9.17, 15) is 0 Å². The van der Waals surface area contributed by atoms with E-state index in [1.165, 1.54) is 0 Å². The van der Waals surface area contributed by atoms with E-state index in [0.717, 1.165) is 22.8 Å². The molecule has 0 spiro atoms. The summed E-state index contributed by atoms with van der Waals surface area (Å²) in [5, 5.41) is 0. The van der Waals surface area contributed by atoms with Crippen molar-refractivity contribution < 1.29 is 4.74 Å². The van der Waals surface area contributed by atoms with Gasteiger partial charge in [-0.25, -0.2) is 4.98 Å². The number of aryl methyl sites for hydroxylation is 1. The summed E-state index contributed by atoms with van der Waals surface area (Å²) in [5.41, 5.74) is 7.96. The predicted molar refractivity (Wildman–Crippen MR) is 82.8 cm³/mol. The molecule has 4 heteroatoms. The van der Waals surface area contributed by atoms with Gasteiger partial charge >= 0.3 is 0 Å².